The highest BCUT2D eigenvalue weighted by Gasteiger charge is 2.28. The molecule has 0 radical (unpaired) electrons. The minimum Gasteiger partial charge on any atom is -0.349 e. The molecule has 1 heterocycles. The first kappa shape index (κ1) is 17.8. The van der Waals surface area contributed by atoms with Gasteiger partial charge < -0.3 is 15.1 Å². The van der Waals surface area contributed by atoms with Crippen molar-refractivity contribution in [3.05, 3.63) is 34.9 Å². The van der Waals surface area contributed by atoms with Crippen LogP contribution in [0.5, 0.6) is 0 Å². The normalized spacial score (nSPS) is 20.2. The molecule has 1 N–H and O–H groups in total. The highest BCUT2D eigenvalue weighted by atomic mass is 35.5. The van der Waals surface area contributed by atoms with E-state index in [1.807, 2.05) is 17.0 Å². The molecular formula is C17H24ClN3O2. The van der Waals surface area contributed by atoms with Crippen molar-refractivity contribution in [2.45, 2.75) is 32.4 Å². The van der Waals surface area contributed by atoms with Gasteiger partial charge in [-0.25, -0.2) is 0 Å². The fraction of sp³-hybridized carbons (Fsp3) is 0.529. The van der Waals surface area contributed by atoms with E-state index in [1.165, 1.54) is 6.92 Å². The molecule has 0 spiro atoms. The number of benzene rings is 1. The Labute approximate surface area is 142 Å². The van der Waals surface area contributed by atoms with Crippen LogP contribution in [0.1, 0.15) is 31.9 Å². The van der Waals surface area contributed by atoms with Gasteiger partial charge in [0.1, 0.15) is 0 Å². The number of halogens is 1. The van der Waals surface area contributed by atoms with Crippen molar-refractivity contribution >= 4 is 23.4 Å². The smallest absolute Gasteiger partial charge is 0.225 e. The van der Waals surface area contributed by atoms with Gasteiger partial charge in [0.15, 0.2) is 0 Å². The summed E-state index contributed by atoms with van der Waals surface area (Å²) in [6.45, 7) is 6.00. The van der Waals surface area contributed by atoms with Gasteiger partial charge in [-0.15, -0.1) is 0 Å². The molecule has 2 rings (SSSR count). The van der Waals surface area contributed by atoms with Crippen LogP contribution in [-0.4, -0.2) is 54.3 Å². The quantitative estimate of drug-likeness (QED) is 0.915. The first-order valence-corrected chi connectivity index (χ1v) is 8.25. The molecule has 0 bridgehead atoms. The van der Waals surface area contributed by atoms with Gasteiger partial charge in [-0.3, -0.25) is 9.59 Å². The summed E-state index contributed by atoms with van der Waals surface area (Å²) in [4.78, 5) is 28.3. The number of likely N-dealkylation sites (N-methyl/N-ethyl adjacent to an activating group) is 1. The zero-order valence-corrected chi connectivity index (χ0v) is 14.6. The second kappa shape index (κ2) is 7.79. The third kappa shape index (κ3) is 4.94. The maximum absolute atomic E-state index is 12.7. The number of hydrogen-bond acceptors (Lipinski definition) is 3. The number of piperazine rings is 1. The molecule has 6 heteroatoms. The third-order valence-corrected chi connectivity index (χ3v) is 4.43. The maximum Gasteiger partial charge on any atom is 0.225 e. The van der Waals surface area contributed by atoms with Gasteiger partial charge >= 0.3 is 0 Å². The molecule has 2 atom stereocenters. The van der Waals surface area contributed by atoms with Crippen molar-refractivity contribution < 1.29 is 9.59 Å². The monoisotopic (exact) mass is 337 g/mol. The van der Waals surface area contributed by atoms with Gasteiger partial charge in [0.2, 0.25) is 11.8 Å². The molecule has 0 unspecified atom stereocenters. The van der Waals surface area contributed by atoms with Crippen molar-refractivity contribution in [2.75, 3.05) is 26.7 Å². The number of rotatable bonds is 4. The molecule has 1 saturated heterocycles. The van der Waals surface area contributed by atoms with Crippen molar-refractivity contribution in [2.24, 2.45) is 0 Å². The van der Waals surface area contributed by atoms with E-state index in [-0.39, 0.29) is 30.3 Å². The topological polar surface area (TPSA) is 52.7 Å². The molecule has 1 aliphatic rings. The molecule has 1 aromatic rings. The Balaban J connectivity index is 2.09. The second-order valence-corrected chi connectivity index (χ2v) is 6.64. The van der Waals surface area contributed by atoms with Gasteiger partial charge in [0.05, 0.1) is 12.5 Å². The van der Waals surface area contributed by atoms with Crippen LogP contribution < -0.4 is 5.32 Å². The summed E-state index contributed by atoms with van der Waals surface area (Å²) in [5, 5.41) is 3.50. The summed E-state index contributed by atoms with van der Waals surface area (Å²) in [5.41, 5.74) is 0.889. The van der Waals surface area contributed by atoms with Crippen molar-refractivity contribution in [1.29, 1.82) is 0 Å². The summed E-state index contributed by atoms with van der Waals surface area (Å²) >= 11 is 5.92. The van der Waals surface area contributed by atoms with E-state index >= 15 is 0 Å². The predicted molar refractivity (Wildman–Crippen MR) is 91.3 cm³/mol. The Morgan fingerprint density at radius 1 is 1.30 bits per heavy atom. The minimum absolute atomic E-state index is 0.0688. The van der Waals surface area contributed by atoms with Crippen LogP contribution in [0.2, 0.25) is 5.02 Å². The van der Waals surface area contributed by atoms with E-state index in [4.69, 9.17) is 11.6 Å². The van der Waals surface area contributed by atoms with Gasteiger partial charge in [0, 0.05) is 37.6 Å². The number of carbonyl (C=O) groups excluding carboxylic acids is 2. The van der Waals surface area contributed by atoms with Crippen LogP contribution in [0.15, 0.2) is 24.3 Å². The molecule has 1 aromatic carbocycles. The maximum atomic E-state index is 12.7. The van der Waals surface area contributed by atoms with Crippen LogP contribution in [-0.2, 0) is 9.59 Å². The average Bonchev–Trinajstić information content (AvgIpc) is 2.46. The lowest BCUT2D eigenvalue weighted by Crippen LogP contribution is -2.53. The zero-order valence-electron chi connectivity index (χ0n) is 13.9. The lowest BCUT2D eigenvalue weighted by atomic mass is 10.0. The van der Waals surface area contributed by atoms with E-state index in [0.29, 0.717) is 5.02 Å². The Morgan fingerprint density at radius 3 is 2.52 bits per heavy atom. The first-order valence-electron chi connectivity index (χ1n) is 7.87. The molecule has 0 saturated carbocycles. The van der Waals surface area contributed by atoms with Crippen molar-refractivity contribution in [3.63, 3.8) is 0 Å². The molecule has 2 amide bonds. The Bertz CT molecular complexity index is 561. The van der Waals surface area contributed by atoms with Crippen LogP contribution in [0.3, 0.4) is 0 Å². The molecule has 0 aromatic heterocycles. The molecule has 126 valence electrons. The predicted octanol–water partition coefficient (Wildman–Crippen LogP) is 2.07. The summed E-state index contributed by atoms with van der Waals surface area (Å²) in [5.74, 6) is -0.0801. The zero-order chi connectivity index (χ0) is 17.0. The van der Waals surface area contributed by atoms with Crippen molar-refractivity contribution in [1.82, 2.24) is 15.1 Å². The molecular weight excluding hydrogens is 314 g/mol. The van der Waals surface area contributed by atoms with E-state index in [2.05, 4.69) is 24.2 Å². The lowest BCUT2D eigenvalue weighted by Gasteiger charge is -2.39. The van der Waals surface area contributed by atoms with Crippen LogP contribution in [0.25, 0.3) is 0 Å². The van der Waals surface area contributed by atoms with E-state index < -0.39 is 0 Å². The molecule has 1 fully saturated rings. The van der Waals surface area contributed by atoms with Crippen LogP contribution in [0, 0.1) is 0 Å². The first-order chi connectivity index (χ1) is 10.9. The third-order valence-electron chi connectivity index (χ3n) is 4.18. The number of nitrogens with one attached hydrogen (secondary N) is 1. The van der Waals surface area contributed by atoms with E-state index in [9.17, 15) is 9.59 Å². The average molecular weight is 338 g/mol. The summed E-state index contributed by atoms with van der Waals surface area (Å²) in [7, 11) is 2.06. The van der Waals surface area contributed by atoms with Crippen LogP contribution in [0.4, 0.5) is 0 Å². The fourth-order valence-electron chi connectivity index (χ4n) is 2.99. The van der Waals surface area contributed by atoms with Crippen molar-refractivity contribution in [3.8, 4) is 0 Å². The number of hydrogen-bond donors (Lipinski definition) is 1. The van der Waals surface area contributed by atoms with E-state index in [0.717, 1.165) is 25.2 Å². The molecule has 0 aliphatic carbocycles. The molecule has 5 nitrogen and oxygen atoms in total. The highest BCUT2D eigenvalue weighted by Crippen LogP contribution is 2.21. The Kier molecular flexibility index (Phi) is 6.02. The summed E-state index contributed by atoms with van der Waals surface area (Å²) in [6.07, 6.45) is 0.259. The molecule has 1 aliphatic heterocycles. The minimum atomic E-state index is -0.330. The van der Waals surface area contributed by atoms with Gasteiger partial charge in [-0.05, 0) is 31.7 Å². The highest BCUT2D eigenvalue weighted by molar-refractivity contribution is 6.30. The lowest BCUT2D eigenvalue weighted by molar-refractivity contribution is -0.136. The second-order valence-electron chi connectivity index (χ2n) is 6.21. The van der Waals surface area contributed by atoms with Gasteiger partial charge in [-0.1, -0.05) is 23.7 Å². The molecule has 23 heavy (non-hydrogen) atoms. The summed E-state index contributed by atoms with van der Waals surface area (Å²) in [6, 6.07) is 7.10. The van der Waals surface area contributed by atoms with Gasteiger partial charge in [0.25, 0.3) is 0 Å². The fourth-order valence-corrected chi connectivity index (χ4v) is 3.12. The summed E-state index contributed by atoms with van der Waals surface area (Å²) < 4.78 is 0. The Hall–Kier alpha value is -1.59. The van der Waals surface area contributed by atoms with Crippen LogP contribution >= 0.6 is 11.6 Å². The number of amides is 2. The SMILES string of the molecule is CC(=O)N[C@@H](CC(=O)N1CCN(C)C[C@@H]1C)c1ccc(Cl)cc1. The Morgan fingerprint density at radius 2 is 1.96 bits per heavy atom. The van der Waals surface area contributed by atoms with E-state index in [1.54, 1.807) is 12.1 Å². The largest absolute Gasteiger partial charge is 0.349 e. The number of carbonyl (C=O) groups is 2. The standard InChI is InChI=1S/C17H24ClN3O2/c1-12-11-20(3)8-9-21(12)17(23)10-16(19-13(2)22)14-4-6-15(18)7-5-14/h4-7,12,16H,8-11H2,1-3H3,(H,19,22)/t12-,16-/m0/s1. The number of nitrogens with zero attached hydrogens (tertiary/aromatic N) is 2. The van der Waals surface area contributed by atoms with Gasteiger partial charge in [-0.2, -0.15) is 0 Å².